The quantitative estimate of drug-likeness (QED) is 0.811. The number of amides is 2. The predicted molar refractivity (Wildman–Crippen MR) is 75.1 cm³/mol. The number of hydrogen-bond donors (Lipinski definition) is 1. The maximum atomic E-state index is 13.0. The van der Waals surface area contributed by atoms with Crippen molar-refractivity contribution in [2.24, 2.45) is 0 Å². The monoisotopic (exact) mass is 298 g/mol. The van der Waals surface area contributed by atoms with Crippen LogP contribution in [0, 0.1) is 5.82 Å². The van der Waals surface area contributed by atoms with E-state index in [-0.39, 0.29) is 11.1 Å². The summed E-state index contributed by atoms with van der Waals surface area (Å²) in [6.45, 7) is 2.52. The SMILES string of the molecule is CC1CCCCN1C(=O)C(=O)Nc1ccc(F)c(Cl)c1. The highest BCUT2D eigenvalue weighted by molar-refractivity contribution is 6.39. The Labute approximate surface area is 121 Å². The molecular weight excluding hydrogens is 283 g/mol. The minimum atomic E-state index is -0.721. The highest BCUT2D eigenvalue weighted by Gasteiger charge is 2.28. The second-order valence-electron chi connectivity index (χ2n) is 4.93. The van der Waals surface area contributed by atoms with Crippen molar-refractivity contribution >= 4 is 29.1 Å². The molecule has 0 radical (unpaired) electrons. The molecule has 1 fully saturated rings. The fourth-order valence-electron chi connectivity index (χ4n) is 2.29. The number of likely N-dealkylation sites (tertiary alicyclic amines) is 1. The lowest BCUT2D eigenvalue weighted by Crippen LogP contribution is -2.47. The van der Waals surface area contributed by atoms with Crippen LogP contribution in [0.4, 0.5) is 10.1 Å². The standard InChI is InChI=1S/C14H16ClFN2O2/c1-9-4-2-3-7-18(9)14(20)13(19)17-10-5-6-12(16)11(15)8-10/h5-6,8-9H,2-4,7H2,1H3,(H,17,19). The third-order valence-corrected chi connectivity index (χ3v) is 3.73. The molecular formula is C14H16ClFN2O2. The summed E-state index contributed by atoms with van der Waals surface area (Å²) in [4.78, 5) is 25.6. The van der Waals surface area contributed by atoms with Crippen LogP contribution < -0.4 is 5.32 Å². The van der Waals surface area contributed by atoms with E-state index < -0.39 is 17.6 Å². The zero-order chi connectivity index (χ0) is 14.7. The smallest absolute Gasteiger partial charge is 0.313 e. The first-order valence-electron chi connectivity index (χ1n) is 6.56. The van der Waals surface area contributed by atoms with Gasteiger partial charge >= 0.3 is 11.8 Å². The lowest BCUT2D eigenvalue weighted by Gasteiger charge is -2.32. The molecule has 2 amide bonds. The molecule has 1 aromatic rings. The van der Waals surface area contributed by atoms with E-state index in [4.69, 9.17) is 11.6 Å². The molecule has 0 spiro atoms. The van der Waals surface area contributed by atoms with Crippen LogP contribution in [0.2, 0.25) is 5.02 Å². The summed E-state index contributed by atoms with van der Waals surface area (Å²) >= 11 is 5.63. The first-order chi connectivity index (χ1) is 9.49. The molecule has 1 aliphatic rings. The van der Waals surface area contributed by atoms with E-state index >= 15 is 0 Å². The van der Waals surface area contributed by atoms with Gasteiger partial charge in [-0.3, -0.25) is 9.59 Å². The molecule has 2 rings (SSSR count). The highest BCUT2D eigenvalue weighted by atomic mass is 35.5. The lowest BCUT2D eigenvalue weighted by atomic mass is 10.0. The van der Waals surface area contributed by atoms with Gasteiger partial charge in [0.15, 0.2) is 0 Å². The first-order valence-corrected chi connectivity index (χ1v) is 6.94. The van der Waals surface area contributed by atoms with Crippen LogP contribution in [-0.4, -0.2) is 29.3 Å². The van der Waals surface area contributed by atoms with E-state index in [9.17, 15) is 14.0 Å². The molecule has 1 aliphatic heterocycles. The number of rotatable bonds is 1. The minimum Gasteiger partial charge on any atom is -0.332 e. The van der Waals surface area contributed by atoms with E-state index in [1.165, 1.54) is 12.1 Å². The van der Waals surface area contributed by atoms with Crippen LogP contribution in [0.5, 0.6) is 0 Å². The van der Waals surface area contributed by atoms with Crippen LogP contribution in [-0.2, 0) is 9.59 Å². The maximum Gasteiger partial charge on any atom is 0.313 e. The summed E-state index contributed by atoms with van der Waals surface area (Å²) in [5.41, 5.74) is 0.305. The lowest BCUT2D eigenvalue weighted by molar-refractivity contribution is -0.145. The number of halogens is 2. The third kappa shape index (κ3) is 3.28. The molecule has 1 atom stereocenters. The number of carbonyl (C=O) groups is 2. The van der Waals surface area contributed by atoms with Crippen molar-refractivity contribution in [3.63, 3.8) is 0 Å². The van der Waals surface area contributed by atoms with Crippen molar-refractivity contribution in [1.29, 1.82) is 0 Å². The van der Waals surface area contributed by atoms with Crippen molar-refractivity contribution in [1.82, 2.24) is 4.90 Å². The number of nitrogens with zero attached hydrogens (tertiary/aromatic N) is 1. The average Bonchev–Trinajstić information content (AvgIpc) is 2.42. The van der Waals surface area contributed by atoms with Gasteiger partial charge in [0.2, 0.25) is 0 Å². The molecule has 1 unspecified atom stereocenters. The van der Waals surface area contributed by atoms with Crippen molar-refractivity contribution in [2.45, 2.75) is 32.2 Å². The van der Waals surface area contributed by atoms with Gasteiger partial charge in [0.25, 0.3) is 0 Å². The van der Waals surface area contributed by atoms with E-state index in [1.807, 2.05) is 6.92 Å². The van der Waals surface area contributed by atoms with Crippen LogP contribution in [0.15, 0.2) is 18.2 Å². The van der Waals surface area contributed by atoms with Crippen LogP contribution in [0.1, 0.15) is 26.2 Å². The summed E-state index contributed by atoms with van der Waals surface area (Å²) in [5, 5.41) is 2.35. The molecule has 1 saturated heterocycles. The Morgan fingerprint density at radius 2 is 2.15 bits per heavy atom. The van der Waals surface area contributed by atoms with Crippen molar-refractivity contribution in [3.8, 4) is 0 Å². The van der Waals surface area contributed by atoms with Crippen molar-refractivity contribution in [2.75, 3.05) is 11.9 Å². The Kier molecular flexibility index (Phi) is 4.60. The zero-order valence-electron chi connectivity index (χ0n) is 11.2. The predicted octanol–water partition coefficient (Wildman–Crippen LogP) is 2.82. The fraction of sp³-hybridized carbons (Fsp3) is 0.429. The van der Waals surface area contributed by atoms with Crippen molar-refractivity contribution in [3.05, 3.63) is 29.0 Å². The summed E-state index contributed by atoms with van der Waals surface area (Å²) < 4.78 is 13.0. The number of benzene rings is 1. The summed E-state index contributed by atoms with van der Waals surface area (Å²) in [6.07, 6.45) is 2.88. The highest BCUT2D eigenvalue weighted by Crippen LogP contribution is 2.20. The van der Waals surface area contributed by atoms with Crippen molar-refractivity contribution < 1.29 is 14.0 Å². The molecule has 108 valence electrons. The largest absolute Gasteiger partial charge is 0.332 e. The molecule has 1 aromatic carbocycles. The number of nitrogens with one attached hydrogen (secondary N) is 1. The number of hydrogen-bond acceptors (Lipinski definition) is 2. The molecule has 1 N–H and O–H groups in total. The molecule has 0 bridgehead atoms. The Balaban J connectivity index is 2.03. The Hall–Kier alpha value is -1.62. The normalized spacial score (nSPS) is 18.8. The van der Waals surface area contributed by atoms with Gasteiger partial charge in [-0.25, -0.2) is 4.39 Å². The van der Waals surface area contributed by atoms with Gasteiger partial charge in [-0.15, -0.1) is 0 Å². The van der Waals surface area contributed by atoms with Crippen LogP contribution in [0.3, 0.4) is 0 Å². The Morgan fingerprint density at radius 1 is 1.40 bits per heavy atom. The van der Waals surface area contributed by atoms with Gasteiger partial charge in [0.05, 0.1) is 5.02 Å². The van der Waals surface area contributed by atoms with Gasteiger partial charge in [0, 0.05) is 18.3 Å². The Bertz CT molecular complexity index is 536. The van der Waals surface area contributed by atoms with Gasteiger partial charge in [-0.1, -0.05) is 11.6 Å². The van der Waals surface area contributed by atoms with E-state index in [0.29, 0.717) is 12.2 Å². The average molecular weight is 299 g/mol. The van der Waals surface area contributed by atoms with E-state index in [1.54, 1.807) is 4.90 Å². The molecule has 4 nitrogen and oxygen atoms in total. The summed E-state index contributed by atoms with van der Waals surface area (Å²) in [6, 6.07) is 3.86. The Morgan fingerprint density at radius 3 is 2.80 bits per heavy atom. The number of anilines is 1. The second-order valence-corrected chi connectivity index (χ2v) is 5.33. The molecule has 1 heterocycles. The van der Waals surface area contributed by atoms with E-state index in [0.717, 1.165) is 25.3 Å². The second kappa shape index (κ2) is 6.22. The van der Waals surface area contributed by atoms with Gasteiger partial charge in [-0.05, 0) is 44.4 Å². The van der Waals surface area contributed by atoms with Gasteiger partial charge in [-0.2, -0.15) is 0 Å². The van der Waals surface area contributed by atoms with Crippen LogP contribution >= 0.6 is 11.6 Å². The molecule has 6 heteroatoms. The number of piperidine rings is 1. The maximum absolute atomic E-state index is 13.0. The summed E-state index contributed by atoms with van der Waals surface area (Å²) in [7, 11) is 0. The first kappa shape index (κ1) is 14.8. The van der Waals surface area contributed by atoms with Gasteiger partial charge < -0.3 is 10.2 Å². The number of carbonyl (C=O) groups excluding carboxylic acids is 2. The minimum absolute atomic E-state index is 0.0683. The molecule has 0 aliphatic carbocycles. The topological polar surface area (TPSA) is 49.4 Å². The van der Waals surface area contributed by atoms with Gasteiger partial charge in [0.1, 0.15) is 5.82 Å². The third-order valence-electron chi connectivity index (χ3n) is 3.44. The molecule has 0 aromatic heterocycles. The molecule has 20 heavy (non-hydrogen) atoms. The fourth-order valence-corrected chi connectivity index (χ4v) is 2.47. The summed E-state index contributed by atoms with van der Waals surface area (Å²) in [5.74, 6) is -1.85. The van der Waals surface area contributed by atoms with Crippen LogP contribution in [0.25, 0.3) is 0 Å². The zero-order valence-corrected chi connectivity index (χ0v) is 11.9. The van der Waals surface area contributed by atoms with E-state index in [2.05, 4.69) is 5.32 Å². The molecule has 0 saturated carbocycles.